The van der Waals surface area contributed by atoms with E-state index in [1.54, 1.807) is 14.2 Å². The lowest BCUT2D eigenvalue weighted by atomic mass is 10.1. The molecule has 2 aromatic carbocycles. The number of ether oxygens (including phenoxy) is 1. The zero-order chi connectivity index (χ0) is 21.1. The Hall–Kier alpha value is -2.29. The number of nitrogens with one attached hydrogen (secondary N) is 3. The van der Waals surface area contributed by atoms with Gasteiger partial charge in [-0.3, -0.25) is 9.79 Å². The molecule has 0 aromatic heterocycles. The molecule has 0 atom stereocenters. The molecule has 0 spiro atoms. The van der Waals surface area contributed by atoms with Crippen molar-refractivity contribution < 1.29 is 9.53 Å². The highest BCUT2D eigenvalue weighted by atomic mass is 127. The molecule has 0 unspecified atom stereocenters. The maximum absolute atomic E-state index is 12.0. The van der Waals surface area contributed by atoms with Gasteiger partial charge in [-0.15, -0.1) is 24.0 Å². The topological polar surface area (TPSA) is 74.8 Å². The average molecular weight is 524 g/mol. The van der Waals surface area contributed by atoms with Crippen molar-refractivity contribution >= 4 is 41.5 Å². The van der Waals surface area contributed by atoms with E-state index in [0.29, 0.717) is 18.9 Å². The molecule has 0 fully saturated rings. The van der Waals surface area contributed by atoms with Gasteiger partial charge in [-0.1, -0.05) is 38.1 Å². The van der Waals surface area contributed by atoms with Crippen molar-refractivity contribution in [3.05, 3.63) is 59.7 Å². The number of methoxy groups -OCH3 is 1. The van der Waals surface area contributed by atoms with Crippen LogP contribution in [0.15, 0.2) is 53.5 Å². The van der Waals surface area contributed by atoms with Crippen LogP contribution in [-0.4, -0.2) is 32.6 Å². The minimum Gasteiger partial charge on any atom is -0.497 e. The van der Waals surface area contributed by atoms with Gasteiger partial charge < -0.3 is 20.7 Å². The average Bonchev–Trinajstić information content (AvgIpc) is 2.70. The van der Waals surface area contributed by atoms with Crippen LogP contribution in [0.3, 0.4) is 0 Å². The standard InChI is InChI=1S/C23H32N4O2.HI/c1-17(2)14-22(28)27-20-7-5-6-19(15-20)16-26-23(24-3)25-13-12-18-8-10-21(29-4)11-9-18;/h5-11,15,17H,12-14,16H2,1-4H3,(H,27,28)(H2,24,25,26);1H. The Morgan fingerprint density at radius 2 is 1.80 bits per heavy atom. The summed E-state index contributed by atoms with van der Waals surface area (Å²) in [5, 5.41) is 9.59. The number of hydrogen-bond acceptors (Lipinski definition) is 3. The summed E-state index contributed by atoms with van der Waals surface area (Å²) in [5.41, 5.74) is 3.13. The number of nitrogens with zero attached hydrogens (tertiary/aromatic N) is 1. The predicted octanol–water partition coefficient (Wildman–Crippen LogP) is 4.21. The zero-order valence-corrected chi connectivity index (χ0v) is 20.5. The van der Waals surface area contributed by atoms with E-state index in [1.165, 1.54) is 5.56 Å². The summed E-state index contributed by atoms with van der Waals surface area (Å²) < 4.78 is 5.18. The molecule has 0 aliphatic carbocycles. The third-order valence-corrected chi connectivity index (χ3v) is 4.35. The quantitative estimate of drug-likeness (QED) is 0.261. The Labute approximate surface area is 196 Å². The number of guanidine groups is 1. The highest BCUT2D eigenvalue weighted by Crippen LogP contribution is 2.13. The molecule has 2 aromatic rings. The van der Waals surface area contributed by atoms with E-state index in [0.717, 1.165) is 35.9 Å². The summed E-state index contributed by atoms with van der Waals surface area (Å²) in [6.45, 7) is 5.47. The van der Waals surface area contributed by atoms with Crippen molar-refractivity contribution in [3.8, 4) is 5.75 Å². The Morgan fingerprint density at radius 3 is 2.43 bits per heavy atom. The normalized spacial score (nSPS) is 10.9. The molecule has 0 aliphatic heterocycles. The molecular formula is C23H33IN4O2. The SMILES string of the molecule is CN=C(NCCc1ccc(OC)cc1)NCc1cccc(NC(=O)CC(C)C)c1.I. The van der Waals surface area contributed by atoms with Crippen LogP contribution >= 0.6 is 24.0 Å². The van der Waals surface area contributed by atoms with E-state index in [9.17, 15) is 4.79 Å². The molecule has 7 heteroatoms. The highest BCUT2D eigenvalue weighted by molar-refractivity contribution is 14.0. The fraction of sp³-hybridized carbons (Fsp3) is 0.391. The van der Waals surface area contributed by atoms with Crippen molar-refractivity contribution in [1.82, 2.24) is 10.6 Å². The molecule has 0 saturated carbocycles. The van der Waals surface area contributed by atoms with E-state index < -0.39 is 0 Å². The van der Waals surface area contributed by atoms with Gasteiger partial charge >= 0.3 is 0 Å². The van der Waals surface area contributed by atoms with Crippen LogP contribution in [0.2, 0.25) is 0 Å². The van der Waals surface area contributed by atoms with E-state index in [1.807, 2.05) is 50.2 Å². The molecule has 0 bridgehead atoms. The minimum absolute atomic E-state index is 0. The lowest BCUT2D eigenvalue weighted by Crippen LogP contribution is -2.37. The van der Waals surface area contributed by atoms with Crippen LogP contribution in [-0.2, 0) is 17.8 Å². The Morgan fingerprint density at radius 1 is 1.07 bits per heavy atom. The number of rotatable bonds is 9. The first kappa shape index (κ1) is 25.7. The van der Waals surface area contributed by atoms with Gasteiger partial charge in [0.2, 0.25) is 5.91 Å². The van der Waals surface area contributed by atoms with Crippen molar-refractivity contribution in [3.63, 3.8) is 0 Å². The van der Waals surface area contributed by atoms with Crippen LogP contribution in [0.1, 0.15) is 31.4 Å². The molecule has 164 valence electrons. The number of carbonyl (C=O) groups excluding carboxylic acids is 1. The predicted molar refractivity (Wildman–Crippen MR) is 135 cm³/mol. The third-order valence-electron chi connectivity index (χ3n) is 4.35. The van der Waals surface area contributed by atoms with Crippen molar-refractivity contribution in [1.29, 1.82) is 0 Å². The Bertz CT molecular complexity index is 807. The maximum Gasteiger partial charge on any atom is 0.224 e. The number of hydrogen-bond donors (Lipinski definition) is 3. The van der Waals surface area contributed by atoms with Crippen molar-refractivity contribution in [2.75, 3.05) is 26.0 Å². The smallest absolute Gasteiger partial charge is 0.224 e. The summed E-state index contributed by atoms with van der Waals surface area (Å²) in [6.07, 6.45) is 1.41. The van der Waals surface area contributed by atoms with Crippen LogP contribution in [0.4, 0.5) is 5.69 Å². The fourth-order valence-corrected chi connectivity index (χ4v) is 2.87. The van der Waals surface area contributed by atoms with Crippen LogP contribution in [0.5, 0.6) is 5.75 Å². The largest absolute Gasteiger partial charge is 0.497 e. The number of carbonyl (C=O) groups is 1. The number of anilines is 1. The second-order valence-corrected chi connectivity index (χ2v) is 7.30. The van der Waals surface area contributed by atoms with Gasteiger partial charge in [0.15, 0.2) is 5.96 Å². The summed E-state index contributed by atoms with van der Waals surface area (Å²) in [6, 6.07) is 15.9. The van der Waals surface area contributed by atoms with Crippen LogP contribution in [0.25, 0.3) is 0 Å². The second-order valence-electron chi connectivity index (χ2n) is 7.30. The van der Waals surface area contributed by atoms with E-state index >= 15 is 0 Å². The monoisotopic (exact) mass is 524 g/mol. The van der Waals surface area contributed by atoms with Crippen molar-refractivity contribution in [2.24, 2.45) is 10.9 Å². The molecule has 0 radical (unpaired) electrons. The zero-order valence-electron chi connectivity index (χ0n) is 18.2. The van der Waals surface area contributed by atoms with Gasteiger partial charge in [-0.25, -0.2) is 0 Å². The highest BCUT2D eigenvalue weighted by Gasteiger charge is 2.06. The number of halogens is 1. The Kier molecular flexibility index (Phi) is 11.9. The van der Waals surface area contributed by atoms with Crippen LogP contribution < -0.4 is 20.7 Å². The summed E-state index contributed by atoms with van der Waals surface area (Å²) >= 11 is 0. The van der Waals surface area contributed by atoms with E-state index in [-0.39, 0.29) is 29.9 Å². The first-order valence-electron chi connectivity index (χ1n) is 9.96. The van der Waals surface area contributed by atoms with Crippen LogP contribution in [0, 0.1) is 5.92 Å². The molecule has 0 aliphatic rings. The minimum atomic E-state index is 0. The molecule has 0 saturated heterocycles. The van der Waals surface area contributed by atoms with E-state index in [4.69, 9.17) is 4.74 Å². The first-order valence-corrected chi connectivity index (χ1v) is 9.96. The first-order chi connectivity index (χ1) is 14.0. The van der Waals surface area contributed by atoms with Gasteiger partial charge in [0.25, 0.3) is 0 Å². The lowest BCUT2D eigenvalue weighted by molar-refractivity contribution is -0.116. The number of benzene rings is 2. The van der Waals surface area contributed by atoms with Gasteiger partial charge in [-0.2, -0.15) is 0 Å². The van der Waals surface area contributed by atoms with E-state index in [2.05, 4.69) is 33.1 Å². The molecule has 2 rings (SSSR count). The summed E-state index contributed by atoms with van der Waals surface area (Å²) in [5.74, 6) is 1.99. The summed E-state index contributed by atoms with van der Waals surface area (Å²) in [7, 11) is 3.42. The van der Waals surface area contributed by atoms with Gasteiger partial charge in [-0.05, 0) is 47.7 Å². The molecule has 0 heterocycles. The van der Waals surface area contributed by atoms with Gasteiger partial charge in [0.1, 0.15) is 5.75 Å². The molecule has 6 nitrogen and oxygen atoms in total. The van der Waals surface area contributed by atoms with Gasteiger partial charge in [0, 0.05) is 32.2 Å². The number of amides is 1. The fourth-order valence-electron chi connectivity index (χ4n) is 2.87. The lowest BCUT2D eigenvalue weighted by Gasteiger charge is -2.13. The Balaban J connectivity index is 0.00000450. The third kappa shape index (κ3) is 9.47. The molecule has 1 amide bonds. The second kappa shape index (κ2) is 13.8. The summed E-state index contributed by atoms with van der Waals surface area (Å²) in [4.78, 5) is 16.2. The molecule has 30 heavy (non-hydrogen) atoms. The maximum atomic E-state index is 12.0. The van der Waals surface area contributed by atoms with Crippen molar-refractivity contribution in [2.45, 2.75) is 33.2 Å². The number of aliphatic imine (C=N–C) groups is 1. The van der Waals surface area contributed by atoms with Gasteiger partial charge in [0.05, 0.1) is 7.11 Å². The molecular weight excluding hydrogens is 491 g/mol. The molecule has 3 N–H and O–H groups in total.